The van der Waals surface area contributed by atoms with Gasteiger partial charge in [0.25, 0.3) is 0 Å². The largest absolute Gasteiger partial charge is 0.481 e. The van der Waals surface area contributed by atoms with Crippen LogP contribution in [0.4, 0.5) is 16.0 Å². The summed E-state index contributed by atoms with van der Waals surface area (Å²) in [5.41, 5.74) is -0.113. The molecule has 0 fully saturated rings. The molecule has 1 aromatic heterocycles. The lowest BCUT2D eigenvalue weighted by molar-refractivity contribution is 0.0696. The minimum atomic E-state index is -1.21. The fourth-order valence-electron chi connectivity index (χ4n) is 1.54. The lowest BCUT2D eigenvalue weighted by Gasteiger charge is -2.09. The zero-order valence-electron chi connectivity index (χ0n) is 11.3. The summed E-state index contributed by atoms with van der Waals surface area (Å²) in [6.45, 7) is 0. The molecule has 0 saturated heterocycles. The smallest absolute Gasteiger partial charge is 0.335 e. The molecule has 0 radical (unpaired) electrons. The number of halogens is 1. The summed E-state index contributed by atoms with van der Waals surface area (Å²) >= 11 is 0. The van der Waals surface area contributed by atoms with Crippen LogP contribution >= 0.6 is 0 Å². The topological polar surface area (TPSA) is 93.6 Å². The molecule has 21 heavy (non-hydrogen) atoms. The Morgan fingerprint density at radius 1 is 1.19 bits per heavy atom. The predicted molar refractivity (Wildman–Crippen MR) is 71.8 cm³/mol. The van der Waals surface area contributed by atoms with Gasteiger partial charge < -0.3 is 19.9 Å². The number of anilines is 2. The van der Waals surface area contributed by atoms with Gasteiger partial charge in [0.15, 0.2) is 0 Å². The van der Waals surface area contributed by atoms with Crippen molar-refractivity contribution < 1.29 is 23.8 Å². The SMILES string of the molecule is COc1cc(OC)nc(Nc2ccc(C(=O)O)cc2F)n1. The van der Waals surface area contributed by atoms with Crippen LogP contribution in [0, 0.1) is 5.82 Å². The highest BCUT2D eigenvalue weighted by molar-refractivity contribution is 5.88. The molecule has 110 valence electrons. The molecule has 0 aliphatic rings. The minimum Gasteiger partial charge on any atom is -0.481 e. The second-order valence-corrected chi connectivity index (χ2v) is 3.90. The van der Waals surface area contributed by atoms with E-state index in [9.17, 15) is 9.18 Å². The summed E-state index contributed by atoms with van der Waals surface area (Å²) in [5, 5.41) is 11.4. The number of carbonyl (C=O) groups is 1. The van der Waals surface area contributed by atoms with E-state index in [1.165, 1.54) is 32.4 Å². The first-order valence-electron chi connectivity index (χ1n) is 5.80. The van der Waals surface area contributed by atoms with Crippen molar-refractivity contribution in [3.8, 4) is 11.8 Å². The molecule has 0 aliphatic carbocycles. The van der Waals surface area contributed by atoms with Crippen LogP contribution in [0.25, 0.3) is 0 Å². The zero-order chi connectivity index (χ0) is 15.4. The van der Waals surface area contributed by atoms with Gasteiger partial charge in [0, 0.05) is 0 Å². The van der Waals surface area contributed by atoms with Crippen LogP contribution < -0.4 is 14.8 Å². The number of nitrogens with one attached hydrogen (secondary N) is 1. The first-order valence-corrected chi connectivity index (χ1v) is 5.80. The summed E-state index contributed by atoms with van der Waals surface area (Å²) in [5.74, 6) is -1.40. The Morgan fingerprint density at radius 2 is 1.81 bits per heavy atom. The van der Waals surface area contributed by atoms with E-state index in [0.29, 0.717) is 0 Å². The molecular formula is C13H12FN3O4. The average Bonchev–Trinajstić information content (AvgIpc) is 2.48. The lowest BCUT2D eigenvalue weighted by atomic mass is 10.2. The zero-order valence-corrected chi connectivity index (χ0v) is 11.3. The molecule has 1 heterocycles. The second kappa shape index (κ2) is 6.04. The summed E-state index contributed by atoms with van der Waals surface area (Å²) < 4.78 is 23.8. The maximum absolute atomic E-state index is 13.8. The molecule has 0 aliphatic heterocycles. The highest BCUT2D eigenvalue weighted by atomic mass is 19.1. The standard InChI is InChI=1S/C13H12FN3O4/c1-20-10-6-11(21-2)17-13(16-10)15-9-4-3-7(12(18)19)5-8(9)14/h3-6H,1-2H3,(H,18,19)(H,15,16,17). The summed E-state index contributed by atoms with van der Waals surface area (Å²) in [6.07, 6.45) is 0. The normalized spacial score (nSPS) is 10.0. The van der Waals surface area contributed by atoms with Crippen LogP contribution in [0.1, 0.15) is 10.4 Å². The molecule has 0 unspecified atom stereocenters. The molecule has 1 aromatic carbocycles. The number of ether oxygens (including phenoxy) is 2. The Kier molecular flexibility index (Phi) is 4.17. The van der Waals surface area contributed by atoms with Crippen molar-refractivity contribution in [2.75, 3.05) is 19.5 Å². The van der Waals surface area contributed by atoms with Gasteiger partial charge in [-0.3, -0.25) is 0 Å². The maximum Gasteiger partial charge on any atom is 0.335 e. The molecule has 0 spiro atoms. The van der Waals surface area contributed by atoms with E-state index in [4.69, 9.17) is 14.6 Å². The van der Waals surface area contributed by atoms with Crippen molar-refractivity contribution in [2.24, 2.45) is 0 Å². The fraction of sp³-hybridized carbons (Fsp3) is 0.154. The number of carboxylic acid groups (broad SMARTS) is 1. The molecule has 8 heteroatoms. The van der Waals surface area contributed by atoms with E-state index < -0.39 is 11.8 Å². The summed E-state index contributed by atoms with van der Waals surface area (Å²) in [6, 6.07) is 4.93. The number of carboxylic acids is 1. The van der Waals surface area contributed by atoms with E-state index in [1.807, 2.05) is 0 Å². The van der Waals surface area contributed by atoms with Gasteiger partial charge in [-0.25, -0.2) is 9.18 Å². The first-order chi connectivity index (χ1) is 10.0. The van der Waals surface area contributed by atoms with Crippen molar-refractivity contribution >= 4 is 17.6 Å². The van der Waals surface area contributed by atoms with Gasteiger partial charge in [0.1, 0.15) is 5.82 Å². The summed E-state index contributed by atoms with van der Waals surface area (Å²) in [4.78, 5) is 18.7. The molecule has 7 nitrogen and oxygen atoms in total. The number of nitrogens with zero attached hydrogens (tertiary/aromatic N) is 2. The highest BCUT2D eigenvalue weighted by Crippen LogP contribution is 2.23. The van der Waals surface area contributed by atoms with Crippen molar-refractivity contribution in [3.05, 3.63) is 35.6 Å². The van der Waals surface area contributed by atoms with Gasteiger partial charge in [-0.2, -0.15) is 9.97 Å². The number of aromatic carboxylic acids is 1. The van der Waals surface area contributed by atoms with E-state index in [2.05, 4.69) is 15.3 Å². The van der Waals surface area contributed by atoms with Crippen LogP contribution in [0.5, 0.6) is 11.8 Å². The number of aromatic nitrogens is 2. The van der Waals surface area contributed by atoms with Gasteiger partial charge in [-0.1, -0.05) is 0 Å². The Hall–Kier alpha value is -2.90. The van der Waals surface area contributed by atoms with Crippen LogP contribution in [-0.4, -0.2) is 35.3 Å². The van der Waals surface area contributed by atoms with Crippen molar-refractivity contribution in [1.29, 1.82) is 0 Å². The highest BCUT2D eigenvalue weighted by Gasteiger charge is 2.11. The van der Waals surface area contributed by atoms with Crippen LogP contribution in [-0.2, 0) is 0 Å². The number of benzene rings is 1. The lowest BCUT2D eigenvalue weighted by Crippen LogP contribution is -2.04. The van der Waals surface area contributed by atoms with Crippen LogP contribution in [0.3, 0.4) is 0 Å². The Bertz CT molecular complexity index is 656. The second-order valence-electron chi connectivity index (χ2n) is 3.90. The van der Waals surface area contributed by atoms with E-state index in [-0.39, 0.29) is 29.0 Å². The predicted octanol–water partition coefficient (Wildman–Crippen LogP) is 2.07. The fourth-order valence-corrected chi connectivity index (χ4v) is 1.54. The van der Waals surface area contributed by atoms with Crippen molar-refractivity contribution in [1.82, 2.24) is 9.97 Å². The Labute approximate surface area is 119 Å². The summed E-state index contributed by atoms with van der Waals surface area (Å²) in [7, 11) is 2.85. The number of rotatable bonds is 5. The average molecular weight is 293 g/mol. The maximum atomic E-state index is 13.8. The molecule has 0 saturated carbocycles. The first kappa shape index (κ1) is 14.5. The Morgan fingerprint density at radius 3 is 2.29 bits per heavy atom. The van der Waals surface area contributed by atoms with Crippen LogP contribution in [0.15, 0.2) is 24.3 Å². The number of hydrogen-bond acceptors (Lipinski definition) is 6. The molecule has 0 bridgehead atoms. The number of methoxy groups -OCH3 is 2. The van der Waals surface area contributed by atoms with Gasteiger partial charge in [0.05, 0.1) is 31.5 Å². The molecule has 2 aromatic rings. The molecule has 0 amide bonds. The Balaban J connectivity index is 2.31. The third kappa shape index (κ3) is 3.35. The van der Waals surface area contributed by atoms with E-state index in [1.54, 1.807) is 0 Å². The molecule has 0 atom stereocenters. The van der Waals surface area contributed by atoms with Gasteiger partial charge in [-0.05, 0) is 18.2 Å². The van der Waals surface area contributed by atoms with Crippen molar-refractivity contribution in [3.63, 3.8) is 0 Å². The molecular weight excluding hydrogens is 281 g/mol. The number of hydrogen-bond donors (Lipinski definition) is 2. The third-order valence-electron chi connectivity index (χ3n) is 2.56. The van der Waals surface area contributed by atoms with Gasteiger partial charge >= 0.3 is 5.97 Å². The third-order valence-corrected chi connectivity index (χ3v) is 2.56. The quantitative estimate of drug-likeness (QED) is 0.871. The van der Waals surface area contributed by atoms with E-state index >= 15 is 0 Å². The van der Waals surface area contributed by atoms with Crippen LogP contribution in [0.2, 0.25) is 0 Å². The van der Waals surface area contributed by atoms with Gasteiger partial charge in [0.2, 0.25) is 17.7 Å². The minimum absolute atomic E-state index is 0.0373. The molecule has 2 rings (SSSR count). The van der Waals surface area contributed by atoms with Gasteiger partial charge in [-0.15, -0.1) is 0 Å². The molecule has 2 N–H and O–H groups in total. The van der Waals surface area contributed by atoms with Crippen molar-refractivity contribution in [2.45, 2.75) is 0 Å². The monoisotopic (exact) mass is 293 g/mol. The van der Waals surface area contributed by atoms with E-state index in [0.717, 1.165) is 6.07 Å².